The van der Waals surface area contributed by atoms with E-state index in [1.165, 1.54) is 27.8 Å². The van der Waals surface area contributed by atoms with Gasteiger partial charge >= 0.3 is 0 Å². The fraction of sp³-hybridized carbons (Fsp3) is 0.389. The lowest BCUT2D eigenvalue weighted by Crippen LogP contribution is -3.00. The summed E-state index contributed by atoms with van der Waals surface area (Å²) in [6.45, 7) is 17.4. The van der Waals surface area contributed by atoms with Crippen molar-refractivity contribution in [3.05, 3.63) is 112 Å². The highest BCUT2D eigenvalue weighted by molar-refractivity contribution is 7.89. The topological polar surface area (TPSA) is 46.2 Å². The lowest BCUT2D eigenvalue weighted by atomic mass is 9.96. The number of hydrogen-bond donors (Lipinski definition) is 1. The number of rotatable bonds is 12. The number of nitrogens with zero attached hydrogens (tertiary/aromatic N) is 1. The summed E-state index contributed by atoms with van der Waals surface area (Å²) in [7, 11) is -3.82. The molecule has 1 unspecified atom stereocenters. The van der Waals surface area contributed by atoms with Crippen LogP contribution >= 0.6 is 0 Å². The first-order valence-electron chi connectivity index (χ1n) is 15.0. The van der Waals surface area contributed by atoms with Crippen molar-refractivity contribution in [2.24, 2.45) is 0 Å². The third-order valence-electron chi connectivity index (χ3n) is 8.50. The van der Waals surface area contributed by atoms with Gasteiger partial charge < -0.3 is 21.5 Å². The Morgan fingerprint density at radius 3 is 1.83 bits per heavy atom. The first-order chi connectivity index (χ1) is 19.5. The fourth-order valence-electron chi connectivity index (χ4n) is 6.61. The van der Waals surface area contributed by atoms with Gasteiger partial charge in [-0.05, 0) is 82.3 Å². The molecule has 4 nitrogen and oxygen atoms in total. The van der Waals surface area contributed by atoms with E-state index in [0.29, 0.717) is 15.8 Å². The van der Waals surface area contributed by atoms with Crippen molar-refractivity contribution in [3.8, 4) is 0 Å². The molecule has 0 aliphatic carbocycles. The second-order valence-electron chi connectivity index (χ2n) is 11.9. The van der Waals surface area contributed by atoms with Crippen LogP contribution in [0.5, 0.6) is 0 Å². The van der Waals surface area contributed by atoms with Crippen molar-refractivity contribution in [1.29, 1.82) is 0 Å². The Balaban J connectivity index is 0.00000484. The normalized spacial score (nSPS) is 12.7. The Morgan fingerprint density at radius 2 is 1.29 bits per heavy atom. The van der Waals surface area contributed by atoms with Crippen molar-refractivity contribution in [2.45, 2.75) is 85.3 Å². The molecule has 42 heavy (non-hydrogen) atoms. The van der Waals surface area contributed by atoms with E-state index in [4.69, 9.17) is 0 Å². The van der Waals surface area contributed by atoms with E-state index in [2.05, 4.69) is 95.7 Å². The lowest BCUT2D eigenvalue weighted by Gasteiger charge is -2.44. The molecule has 0 saturated heterocycles. The molecule has 0 amide bonds. The average molecular weight is 652 g/mol. The number of fused-ring (bicyclic) bond motifs is 1. The van der Waals surface area contributed by atoms with Crippen LogP contribution in [0.25, 0.3) is 10.8 Å². The number of hydrogen-bond acceptors (Lipinski definition) is 2. The Labute approximate surface area is 264 Å². The van der Waals surface area contributed by atoms with Gasteiger partial charge in [0.1, 0.15) is 6.54 Å². The van der Waals surface area contributed by atoms with Gasteiger partial charge in [-0.15, -0.1) is 0 Å². The van der Waals surface area contributed by atoms with Crippen LogP contribution in [0.4, 0.5) is 0 Å². The van der Waals surface area contributed by atoms with Gasteiger partial charge in [-0.1, -0.05) is 95.9 Å². The molecular formula is C36H47BrN2O2S. The van der Waals surface area contributed by atoms with E-state index in [1.54, 1.807) is 0 Å². The maximum absolute atomic E-state index is 14.4. The van der Waals surface area contributed by atoms with Gasteiger partial charge in [0.25, 0.3) is 0 Å². The first-order valence-corrected chi connectivity index (χ1v) is 16.5. The highest BCUT2D eigenvalue weighted by Crippen LogP contribution is 2.31. The number of nitrogens with one attached hydrogen (secondary N) is 1. The number of quaternary nitrogens is 1. The Hall–Kier alpha value is -2.51. The molecule has 226 valence electrons. The third-order valence-corrected chi connectivity index (χ3v) is 10.0. The molecule has 0 fully saturated rings. The molecule has 4 aromatic rings. The van der Waals surface area contributed by atoms with E-state index in [0.717, 1.165) is 54.4 Å². The molecule has 0 radical (unpaired) electrons. The van der Waals surface area contributed by atoms with Gasteiger partial charge in [0, 0.05) is 12.0 Å². The van der Waals surface area contributed by atoms with E-state index >= 15 is 0 Å². The number of halogens is 1. The zero-order valence-corrected chi connectivity index (χ0v) is 28.7. The van der Waals surface area contributed by atoms with Crippen LogP contribution in [-0.2, 0) is 23.0 Å². The van der Waals surface area contributed by atoms with Crippen LogP contribution in [0.3, 0.4) is 0 Å². The van der Waals surface area contributed by atoms with Crippen LogP contribution < -0.4 is 21.7 Å². The number of benzene rings is 4. The lowest BCUT2D eigenvalue weighted by molar-refractivity contribution is -0.962. The maximum atomic E-state index is 14.4. The predicted octanol–water partition coefficient (Wildman–Crippen LogP) is 5.13. The molecule has 0 spiro atoms. The first kappa shape index (κ1) is 34.0. The SMILES string of the molecule is CCCC(NS(=O)(=O)c1ccc2ccccc2c1Cc1cc(C)cc(C)c1)[N+](CC)(CC)Cc1cc(C)cc(C)c1.[Br-]. The quantitative estimate of drug-likeness (QED) is 0.171. The monoisotopic (exact) mass is 650 g/mol. The minimum absolute atomic E-state index is 0. The van der Waals surface area contributed by atoms with Gasteiger partial charge in [-0.3, -0.25) is 0 Å². The molecule has 4 aromatic carbocycles. The van der Waals surface area contributed by atoms with Crippen LogP contribution in [0.1, 0.15) is 72.6 Å². The van der Waals surface area contributed by atoms with Crippen molar-refractivity contribution in [3.63, 3.8) is 0 Å². The predicted molar refractivity (Wildman–Crippen MR) is 173 cm³/mol. The largest absolute Gasteiger partial charge is 1.00 e. The summed E-state index contributed by atoms with van der Waals surface area (Å²) in [4.78, 5) is 0.383. The molecule has 0 aliphatic heterocycles. The second kappa shape index (κ2) is 14.3. The van der Waals surface area contributed by atoms with Crippen LogP contribution in [-0.4, -0.2) is 32.2 Å². The molecular weight excluding hydrogens is 604 g/mol. The highest BCUT2D eigenvalue weighted by atomic mass is 79.9. The average Bonchev–Trinajstić information content (AvgIpc) is 2.90. The van der Waals surface area contributed by atoms with Gasteiger partial charge in [0.05, 0.1) is 18.0 Å². The van der Waals surface area contributed by atoms with Gasteiger partial charge in [0.2, 0.25) is 10.0 Å². The second-order valence-corrected chi connectivity index (χ2v) is 13.5. The summed E-state index contributed by atoms with van der Waals surface area (Å²) >= 11 is 0. The molecule has 1 N–H and O–H groups in total. The van der Waals surface area contributed by atoms with Crippen molar-refractivity contribution in [1.82, 2.24) is 4.72 Å². The summed E-state index contributed by atoms with van der Waals surface area (Å²) in [5.41, 5.74) is 8.09. The van der Waals surface area contributed by atoms with Crippen molar-refractivity contribution >= 4 is 20.8 Å². The Bertz CT molecular complexity index is 1590. The van der Waals surface area contributed by atoms with Crippen LogP contribution in [0.15, 0.2) is 77.7 Å². The summed E-state index contributed by atoms with van der Waals surface area (Å²) in [6, 6.07) is 25.0. The summed E-state index contributed by atoms with van der Waals surface area (Å²) in [5.74, 6) is 0. The van der Waals surface area contributed by atoms with E-state index < -0.39 is 10.0 Å². The van der Waals surface area contributed by atoms with Gasteiger partial charge in [-0.25, -0.2) is 8.42 Å². The molecule has 6 heteroatoms. The van der Waals surface area contributed by atoms with Gasteiger partial charge in [-0.2, -0.15) is 4.72 Å². The standard InChI is InChI=1S/C36H47N2O2S.BrH/c1-8-13-36(38(9-2,10-3)25-31-22-28(6)19-29(7)23-31)37-41(39,40)35-17-16-32-14-11-12-15-33(32)34(35)24-30-20-26(4)18-27(5)21-30;/h11-12,14-23,36-37H,8-10,13,24-25H2,1-7H3;1H/q+1;/p-1. The highest BCUT2D eigenvalue weighted by Gasteiger charge is 2.37. The zero-order chi connectivity index (χ0) is 29.8. The molecule has 0 saturated carbocycles. The van der Waals surface area contributed by atoms with Crippen LogP contribution in [0, 0.1) is 27.7 Å². The third kappa shape index (κ3) is 7.71. The molecule has 0 aliphatic rings. The Kier molecular flexibility index (Phi) is 11.6. The smallest absolute Gasteiger partial charge is 0.245 e. The maximum Gasteiger partial charge on any atom is 0.245 e. The fourth-order valence-corrected chi connectivity index (χ4v) is 8.19. The van der Waals surface area contributed by atoms with E-state index in [9.17, 15) is 8.42 Å². The van der Waals surface area contributed by atoms with Gasteiger partial charge in [0.15, 0.2) is 6.17 Å². The number of aryl methyl sites for hydroxylation is 4. The molecule has 1 atom stereocenters. The number of sulfonamides is 1. The molecule has 4 rings (SSSR count). The molecule has 0 bridgehead atoms. The summed E-state index contributed by atoms with van der Waals surface area (Å²) in [5, 5.41) is 2.04. The van der Waals surface area contributed by atoms with E-state index in [-0.39, 0.29) is 23.1 Å². The van der Waals surface area contributed by atoms with Crippen LogP contribution in [0.2, 0.25) is 0 Å². The van der Waals surface area contributed by atoms with E-state index in [1.807, 2.05) is 30.3 Å². The molecule has 0 aromatic heterocycles. The summed E-state index contributed by atoms with van der Waals surface area (Å²) < 4.78 is 32.8. The minimum Gasteiger partial charge on any atom is -1.00 e. The zero-order valence-electron chi connectivity index (χ0n) is 26.3. The Morgan fingerprint density at radius 1 is 0.738 bits per heavy atom. The van der Waals surface area contributed by atoms with Crippen molar-refractivity contribution in [2.75, 3.05) is 13.1 Å². The minimum atomic E-state index is -3.82. The molecule has 0 heterocycles. The summed E-state index contributed by atoms with van der Waals surface area (Å²) in [6.07, 6.45) is 1.99. The van der Waals surface area contributed by atoms with Crippen molar-refractivity contribution < 1.29 is 29.9 Å².